The van der Waals surface area contributed by atoms with Crippen molar-refractivity contribution < 1.29 is 19.3 Å². The normalized spacial score (nSPS) is 10.7. The zero-order valence-electron chi connectivity index (χ0n) is 13.8. The zero-order chi connectivity index (χ0) is 19.3. The summed E-state index contributed by atoms with van der Waals surface area (Å²) in [4.78, 5) is 21.1. The van der Waals surface area contributed by atoms with Gasteiger partial charge in [0.05, 0.1) is 41.3 Å². The molecule has 0 amide bonds. The molecule has 2 aromatic carbocycles. The van der Waals surface area contributed by atoms with Crippen molar-refractivity contribution in [3.8, 4) is 17.6 Å². The second-order valence-corrected chi connectivity index (χ2v) is 5.00. The van der Waals surface area contributed by atoms with Crippen LogP contribution in [0.4, 0.5) is 11.4 Å². The number of methoxy groups -OCH3 is 2. The van der Waals surface area contributed by atoms with Crippen molar-refractivity contribution in [1.82, 2.24) is 0 Å². The molecule has 26 heavy (non-hydrogen) atoms. The van der Waals surface area contributed by atoms with Crippen molar-refractivity contribution in [2.24, 2.45) is 0 Å². The molecule has 0 saturated carbocycles. The molecule has 0 aliphatic rings. The molecule has 0 unspecified atom stereocenters. The fraction of sp³-hybridized carbons (Fsp3) is 0.118. The number of nitriles is 1. The predicted octanol–water partition coefficient (Wildman–Crippen LogP) is 3.58. The third-order valence-electron chi connectivity index (χ3n) is 3.50. The Morgan fingerprint density at radius 1 is 1.08 bits per heavy atom. The lowest BCUT2D eigenvalue weighted by molar-refractivity contribution is -0.385. The van der Waals surface area contributed by atoms with E-state index in [4.69, 9.17) is 9.47 Å². The summed E-state index contributed by atoms with van der Waals surface area (Å²) in [5.41, 5.74) is -0.168. The van der Waals surface area contributed by atoms with Crippen LogP contribution in [-0.2, 0) is 0 Å². The van der Waals surface area contributed by atoms with Gasteiger partial charge in [-0.3, -0.25) is 20.2 Å². The lowest BCUT2D eigenvalue weighted by Crippen LogP contribution is -1.99. The number of hydrogen-bond acceptors (Lipinski definition) is 7. The van der Waals surface area contributed by atoms with Crippen LogP contribution >= 0.6 is 0 Å². The summed E-state index contributed by atoms with van der Waals surface area (Å²) >= 11 is 0. The highest BCUT2D eigenvalue weighted by Gasteiger charge is 2.22. The van der Waals surface area contributed by atoms with Gasteiger partial charge in [-0.15, -0.1) is 0 Å². The van der Waals surface area contributed by atoms with E-state index in [1.165, 1.54) is 44.6 Å². The molecular formula is C17H13N3O6. The van der Waals surface area contributed by atoms with Gasteiger partial charge >= 0.3 is 0 Å². The molecule has 2 aromatic rings. The molecule has 0 aliphatic heterocycles. The van der Waals surface area contributed by atoms with Crippen molar-refractivity contribution in [3.05, 3.63) is 67.8 Å². The smallest absolute Gasteiger partial charge is 0.281 e. The van der Waals surface area contributed by atoms with Crippen molar-refractivity contribution >= 4 is 23.0 Å². The maximum absolute atomic E-state index is 11.4. The van der Waals surface area contributed by atoms with Crippen molar-refractivity contribution in [2.45, 2.75) is 0 Å². The molecule has 0 heterocycles. The fourth-order valence-corrected chi connectivity index (χ4v) is 2.30. The molecule has 0 spiro atoms. The van der Waals surface area contributed by atoms with Gasteiger partial charge in [-0.05, 0) is 17.7 Å². The Bertz CT molecular complexity index is 946. The molecule has 0 aromatic heterocycles. The Balaban J connectivity index is 2.66. The first-order valence-electron chi connectivity index (χ1n) is 7.18. The topological polar surface area (TPSA) is 129 Å². The highest BCUT2D eigenvalue weighted by molar-refractivity contribution is 5.93. The number of ether oxygens (including phenoxy) is 2. The molecule has 0 radical (unpaired) electrons. The molecule has 9 nitrogen and oxygen atoms in total. The number of nitro benzene ring substituents is 2. The van der Waals surface area contributed by atoms with Gasteiger partial charge < -0.3 is 9.47 Å². The molecule has 0 atom stereocenters. The minimum absolute atomic E-state index is 0.0154. The number of non-ortho nitro benzene ring substituents is 1. The molecule has 0 fully saturated rings. The largest absolute Gasteiger partial charge is 0.493 e. The summed E-state index contributed by atoms with van der Waals surface area (Å²) < 4.78 is 10.2. The lowest BCUT2D eigenvalue weighted by Gasteiger charge is -2.10. The Kier molecular flexibility index (Phi) is 5.49. The summed E-state index contributed by atoms with van der Waals surface area (Å²) in [6.07, 6.45) is 1.33. The van der Waals surface area contributed by atoms with Crippen LogP contribution in [0.25, 0.3) is 11.6 Å². The predicted molar refractivity (Wildman–Crippen MR) is 92.8 cm³/mol. The van der Waals surface area contributed by atoms with Crippen LogP contribution in [0.2, 0.25) is 0 Å². The summed E-state index contributed by atoms with van der Waals surface area (Å²) in [7, 11) is 2.70. The summed E-state index contributed by atoms with van der Waals surface area (Å²) in [6.45, 7) is 0. The van der Waals surface area contributed by atoms with Gasteiger partial charge in [-0.2, -0.15) is 5.26 Å². The molecule has 9 heteroatoms. The van der Waals surface area contributed by atoms with Crippen molar-refractivity contribution in [2.75, 3.05) is 14.2 Å². The Morgan fingerprint density at radius 3 is 2.27 bits per heavy atom. The van der Waals surface area contributed by atoms with Gasteiger partial charge in [-0.1, -0.05) is 12.1 Å². The second kappa shape index (κ2) is 7.76. The standard InChI is InChI=1S/C17H13N3O6/c1-25-16-8-14(15(20(23)24)9-17(16)26-2)12(10-18)6-11-4-3-5-13(7-11)19(21)22/h3-9H,1-2H3/b12-6+. The van der Waals surface area contributed by atoms with Crippen molar-refractivity contribution in [3.63, 3.8) is 0 Å². The van der Waals surface area contributed by atoms with Gasteiger partial charge in [0.25, 0.3) is 11.4 Å². The van der Waals surface area contributed by atoms with Crippen LogP contribution < -0.4 is 9.47 Å². The first kappa shape index (κ1) is 18.4. The van der Waals surface area contributed by atoms with Crippen LogP contribution in [0.15, 0.2) is 36.4 Å². The van der Waals surface area contributed by atoms with E-state index in [1.54, 1.807) is 6.07 Å². The summed E-state index contributed by atoms with van der Waals surface area (Å²) in [5.74, 6) is 0.365. The third-order valence-corrected chi connectivity index (χ3v) is 3.50. The average Bonchev–Trinajstić information content (AvgIpc) is 2.65. The van der Waals surface area contributed by atoms with Gasteiger partial charge in [-0.25, -0.2) is 0 Å². The van der Waals surface area contributed by atoms with Crippen LogP contribution in [0.3, 0.4) is 0 Å². The molecular weight excluding hydrogens is 342 g/mol. The molecule has 0 aliphatic carbocycles. The minimum atomic E-state index is -0.643. The first-order chi connectivity index (χ1) is 12.4. The quantitative estimate of drug-likeness (QED) is 0.335. The van der Waals surface area contributed by atoms with E-state index in [-0.39, 0.29) is 34.0 Å². The van der Waals surface area contributed by atoms with Crippen molar-refractivity contribution in [1.29, 1.82) is 5.26 Å². The van der Waals surface area contributed by atoms with E-state index in [0.717, 1.165) is 6.07 Å². The average molecular weight is 355 g/mol. The molecule has 0 saturated heterocycles. The van der Waals surface area contributed by atoms with Crippen LogP contribution in [-0.4, -0.2) is 24.1 Å². The minimum Gasteiger partial charge on any atom is -0.493 e. The van der Waals surface area contributed by atoms with E-state index >= 15 is 0 Å². The van der Waals surface area contributed by atoms with Gasteiger partial charge in [0.15, 0.2) is 11.5 Å². The second-order valence-electron chi connectivity index (χ2n) is 5.00. The maximum Gasteiger partial charge on any atom is 0.281 e. The zero-order valence-corrected chi connectivity index (χ0v) is 13.8. The lowest BCUT2D eigenvalue weighted by atomic mass is 10.0. The maximum atomic E-state index is 11.4. The Morgan fingerprint density at radius 2 is 1.73 bits per heavy atom. The highest BCUT2D eigenvalue weighted by Crippen LogP contribution is 2.38. The monoisotopic (exact) mass is 355 g/mol. The number of rotatable bonds is 6. The van der Waals surface area contributed by atoms with E-state index < -0.39 is 9.85 Å². The Labute approximate surface area is 148 Å². The number of hydrogen-bond donors (Lipinski definition) is 0. The van der Waals surface area contributed by atoms with Crippen LogP contribution in [0, 0.1) is 31.6 Å². The van der Waals surface area contributed by atoms with Crippen LogP contribution in [0.1, 0.15) is 11.1 Å². The summed E-state index contributed by atoms with van der Waals surface area (Å²) in [6, 6.07) is 9.96. The molecule has 2 rings (SSSR count). The van der Waals surface area contributed by atoms with E-state index in [0.29, 0.717) is 5.56 Å². The number of benzene rings is 2. The number of allylic oxidation sites excluding steroid dienone is 1. The molecule has 0 N–H and O–H groups in total. The number of nitrogens with zero attached hydrogens (tertiary/aromatic N) is 3. The molecule has 132 valence electrons. The van der Waals surface area contributed by atoms with E-state index in [1.807, 2.05) is 6.07 Å². The first-order valence-corrected chi connectivity index (χ1v) is 7.18. The number of nitro groups is 2. The van der Waals surface area contributed by atoms with Gasteiger partial charge in [0.2, 0.25) is 0 Å². The third kappa shape index (κ3) is 3.76. The van der Waals surface area contributed by atoms with E-state index in [2.05, 4.69) is 0 Å². The van der Waals surface area contributed by atoms with Gasteiger partial charge in [0.1, 0.15) is 6.07 Å². The van der Waals surface area contributed by atoms with Gasteiger partial charge in [0, 0.05) is 12.1 Å². The Hall–Kier alpha value is -3.93. The van der Waals surface area contributed by atoms with E-state index in [9.17, 15) is 25.5 Å². The molecule has 0 bridgehead atoms. The summed E-state index contributed by atoms with van der Waals surface area (Å²) in [5, 5.41) is 31.7. The SMILES string of the molecule is COc1cc(/C(C#N)=C/c2cccc([N+](=O)[O-])c2)c([N+](=O)[O-])cc1OC. The van der Waals surface area contributed by atoms with Crippen LogP contribution in [0.5, 0.6) is 11.5 Å². The highest BCUT2D eigenvalue weighted by atomic mass is 16.6. The fourth-order valence-electron chi connectivity index (χ4n) is 2.30.